The quantitative estimate of drug-likeness (QED) is 0.657. The highest BCUT2D eigenvalue weighted by molar-refractivity contribution is 5.21. The third-order valence-electron chi connectivity index (χ3n) is 3.60. The number of allylic oxidation sites excluding steroid dienone is 3. The standard InChI is InChI=1S/C12H21N/c1-5-6-8-11(2)9-7-10-12(11,3)13-4/h5-7,10,13H,8-9H2,1-4H3/b6-5-. The zero-order valence-corrected chi connectivity index (χ0v) is 9.22. The van der Waals surface area contributed by atoms with Crippen molar-refractivity contribution in [3.8, 4) is 0 Å². The monoisotopic (exact) mass is 179 g/mol. The third-order valence-corrected chi connectivity index (χ3v) is 3.60. The van der Waals surface area contributed by atoms with Gasteiger partial charge in [-0.2, -0.15) is 0 Å². The molecule has 0 amide bonds. The highest BCUT2D eigenvalue weighted by atomic mass is 15.0. The van der Waals surface area contributed by atoms with Crippen LogP contribution in [0.5, 0.6) is 0 Å². The van der Waals surface area contributed by atoms with Gasteiger partial charge < -0.3 is 5.32 Å². The minimum atomic E-state index is 0.159. The smallest absolute Gasteiger partial charge is 0.0393 e. The summed E-state index contributed by atoms with van der Waals surface area (Å²) in [7, 11) is 2.05. The van der Waals surface area contributed by atoms with E-state index in [9.17, 15) is 0 Å². The maximum atomic E-state index is 3.42. The summed E-state index contributed by atoms with van der Waals surface area (Å²) in [5.41, 5.74) is 0.501. The van der Waals surface area contributed by atoms with Gasteiger partial charge in [-0.05, 0) is 39.2 Å². The fourth-order valence-electron chi connectivity index (χ4n) is 2.03. The van der Waals surface area contributed by atoms with Crippen LogP contribution in [0.25, 0.3) is 0 Å². The van der Waals surface area contributed by atoms with Crippen molar-refractivity contribution in [1.82, 2.24) is 5.32 Å². The van der Waals surface area contributed by atoms with Crippen LogP contribution in [0, 0.1) is 5.41 Å². The highest BCUT2D eigenvalue weighted by Crippen LogP contribution is 2.44. The zero-order valence-electron chi connectivity index (χ0n) is 9.22. The predicted molar refractivity (Wildman–Crippen MR) is 58.8 cm³/mol. The Morgan fingerprint density at radius 2 is 2.15 bits per heavy atom. The minimum absolute atomic E-state index is 0.159. The molecule has 13 heavy (non-hydrogen) atoms. The first-order valence-corrected chi connectivity index (χ1v) is 5.06. The molecule has 1 aliphatic rings. The fraction of sp³-hybridized carbons (Fsp3) is 0.667. The molecular weight excluding hydrogens is 158 g/mol. The molecule has 0 saturated carbocycles. The summed E-state index contributed by atoms with van der Waals surface area (Å²) in [5, 5.41) is 3.42. The van der Waals surface area contributed by atoms with Gasteiger partial charge in [0.2, 0.25) is 0 Å². The molecule has 0 aromatic carbocycles. The van der Waals surface area contributed by atoms with E-state index in [4.69, 9.17) is 0 Å². The van der Waals surface area contributed by atoms with Gasteiger partial charge in [-0.15, -0.1) is 0 Å². The Kier molecular flexibility index (Phi) is 2.97. The molecule has 1 aliphatic carbocycles. The van der Waals surface area contributed by atoms with Gasteiger partial charge in [0.15, 0.2) is 0 Å². The molecule has 0 spiro atoms. The number of hydrogen-bond donors (Lipinski definition) is 1. The molecule has 0 saturated heterocycles. The van der Waals surface area contributed by atoms with E-state index in [2.05, 4.69) is 50.4 Å². The lowest BCUT2D eigenvalue weighted by atomic mass is 9.71. The van der Waals surface area contributed by atoms with Crippen molar-refractivity contribution in [3.05, 3.63) is 24.3 Å². The molecule has 2 unspecified atom stereocenters. The number of hydrogen-bond acceptors (Lipinski definition) is 1. The van der Waals surface area contributed by atoms with Crippen LogP contribution in [0.3, 0.4) is 0 Å². The number of rotatable bonds is 3. The molecule has 1 nitrogen and oxygen atoms in total. The Hall–Kier alpha value is -0.560. The normalized spacial score (nSPS) is 39.1. The summed E-state index contributed by atoms with van der Waals surface area (Å²) in [4.78, 5) is 0. The molecule has 1 rings (SSSR count). The van der Waals surface area contributed by atoms with Gasteiger partial charge in [-0.1, -0.05) is 31.2 Å². The lowest BCUT2D eigenvalue weighted by molar-refractivity contribution is 0.193. The van der Waals surface area contributed by atoms with Crippen LogP contribution >= 0.6 is 0 Å². The van der Waals surface area contributed by atoms with Crippen molar-refractivity contribution in [1.29, 1.82) is 0 Å². The van der Waals surface area contributed by atoms with Gasteiger partial charge in [0.05, 0.1) is 0 Å². The van der Waals surface area contributed by atoms with Gasteiger partial charge in [0.1, 0.15) is 0 Å². The SMILES string of the molecule is C/C=C\CC1(C)CC=CC1(C)NC. The van der Waals surface area contributed by atoms with Crippen molar-refractivity contribution in [3.63, 3.8) is 0 Å². The van der Waals surface area contributed by atoms with Crippen molar-refractivity contribution in [2.75, 3.05) is 7.05 Å². The molecule has 0 aromatic rings. The van der Waals surface area contributed by atoms with E-state index >= 15 is 0 Å². The topological polar surface area (TPSA) is 12.0 Å². The van der Waals surface area contributed by atoms with Crippen LogP contribution in [0.4, 0.5) is 0 Å². The highest BCUT2D eigenvalue weighted by Gasteiger charge is 2.43. The molecule has 74 valence electrons. The second-order valence-corrected chi connectivity index (χ2v) is 4.39. The average molecular weight is 179 g/mol. The van der Waals surface area contributed by atoms with Gasteiger partial charge in [0, 0.05) is 5.54 Å². The second-order valence-electron chi connectivity index (χ2n) is 4.39. The van der Waals surface area contributed by atoms with E-state index in [1.165, 1.54) is 6.42 Å². The van der Waals surface area contributed by atoms with E-state index in [-0.39, 0.29) is 5.54 Å². The first kappa shape index (κ1) is 10.5. The maximum absolute atomic E-state index is 3.42. The molecular formula is C12H21N. The molecule has 0 radical (unpaired) electrons. The lowest BCUT2D eigenvalue weighted by Gasteiger charge is -2.40. The second kappa shape index (κ2) is 3.67. The van der Waals surface area contributed by atoms with Crippen LogP contribution in [-0.2, 0) is 0 Å². The Morgan fingerprint density at radius 3 is 2.69 bits per heavy atom. The zero-order chi connectivity index (χ0) is 9.95. The van der Waals surface area contributed by atoms with Gasteiger partial charge in [-0.3, -0.25) is 0 Å². The minimum Gasteiger partial charge on any atom is -0.311 e. The van der Waals surface area contributed by atoms with E-state index in [1.54, 1.807) is 0 Å². The molecule has 1 N–H and O–H groups in total. The van der Waals surface area contributed by atoms with Crippen LogP contribution < -0.4 is 5.32 Å². The molecule has 1 heteroatoms. The Balaban J connectivity index is 2.79. The predicted octanol–water partition coefficient (Wildman–Crippen LogP) is 2.90. The Morgan fingerprint density at radius 1 is 1.46 bits per heavy atom. The van der Waals surface area contributed by atoms with Crippen molar-refractivity contribution < 1.29 is 0 Å². The summed E-state index contributed by atoms with van der Waals surface area (Å²) in [6.45, 7) is 6.71. The van der Waals surface area contributed by atoms with Crippen LogP contribution in [0.15, 0.2) is 24.3 Å². The van der Waals surface area contributed by atoms with Crippen LogP contribution in [-0.4, -0.2) is 12.6 Å². The average Bonchev–Trinajstić information content (AvgIpc) is 2.42. The van der Waals surface area contributed by atoms with E-state index in [1.807, 2.05) is 7.05 Å². The van der Waals surface area contributed by atoms with Crippen molar-refractivity contribution >= 4 is 0 Å². The van der Waals surface area contributed by atoms with E-state index < -0.39 is 0 Å². The van der Waals surface area contributed by atoms with E-state index in [0.29, 0.717) is 5.41 Å². The van der Waals surface area contributed by atoms with Crippen LogP contribution in [0.1, 0.15) is 33.6 Å². The maximum Gasteiger partial charge on any atom is 0.0393 e. The summed E-state index contributed by atoms with van der Waals surface area (Å²) in [6.07, 6.45) is 11.3. The molecule has 2 atom stereocenters. The third kappa shape index (κ3) is 1.71. The van der Waals surface area contributed by atoms with Crippen molar-refractivity contribution in [2.45, 2.75) is 39.2 Å². The van der Waals surface area contributed by atoms with Crippen molar-refractivity contribution in [2.24, 2.45) is 5.41 Å². The number of likely N-dealkylation sites (N-methyl/N-ethyl adjacent to an activating group) is 1. The summed E-state index contributed by atoms with van der Waals surface area (Å²) >= 11 is 0. The molecule has 0 aliphatic heterocycles. The Labute approximate surface area is 81.9 Å². The lowest BCUT2D eigenvalue weighted by Crippen LogP contribution is -2.49. The van der Waals surface area contributed by atoms with Crippen LogP contribution in [0.2, 0.25) is 0 Å². The molecule has 0 bridgehead atoms. The van der Waals surface area contributed by atoms with Gasteiger partial charge in [0.25, 0.3) is 0 Å². The first-order valence-electron chi connectivity index (χ1n) is 5.06. The first-order chi connectivity index (χ1) is 6.08. The molecule has 0 aromatic heterocycles. The summed E-state index contributed by atoms with van der Waals surface area (Å²) in [5.74, 6) is 0. The summed E-state index contributed by atoms with van der Waals surface area (Å²) in [6, 6.07) is 0. The van der Waals surface area contributed by atoms with Gasteiger partial charge >= 0.3 is 0 Å². The fourth-order valence-corrected chi connectivity index (χ4v) is 2.03. The number of nitrogens with one attached hydrogen (secondary N) is 1. The molecule has 0 heterocycles. The largest absolute Gasteiger partial charge is 0.311 e. The van der Waals surface area contributed by atoms with Gasteiger partial charge in [-0.25, -0.2) is 0 Å². The Bertz CT molecular complexity index is 229. The molecule has 0 fully saturated rings. The summed E-state index contributed by atoms with van der Waals surface area (Å²) < 4.78 is 0. The van der Waals surface area contributed by atoms with E-state index in [0.717, 1.165) is 6.42 Å².